The molecule has 0 fully saturated rings. The Morgan fingerprint density at radius 2 is 1.62 bits per heavy atom. The maximum Gasteiger partial charge on any atom is 0.295 e. The lowest BCUT2D eigenvalue weighted by Crippen LogP contribution is -2.11. The number of alkyl halides is 2. The number of hydrogen-bond donors (Lipinski definition) is 2. The van der Waals surface area contributed by atoms with E-state index in [0.717, 1.165) is 5.69 Å². The molecule has 0 bridgehead atoms. The number of hydrogen-bond acceptors (Lipinski definition) is 4. The zero-order valence-electron chi connectivity index (χ0n) is 15.0. The van der Waals surface area contributed by atoms with E-state index in [1.807, 2.05) is 30.3 Å². The van der Waals surface area contributed by atoms with Crippen LogP contribution in [0.3, 0.4) is 0 Å². The van der Waals surface area contributed by atoms with Gasteiger partial charge >= 0.3 is 0 Å². The summed E-state index contributed by atoms with van der Waals surface area (Å²) in [7, 11) is 0. The summed E-state index contributed by atoms with van der Waals surface area (Å²) in [5.74, 6) is -0.781. The molecule has 0 atom stereocenters. The number of aromatic amines is 1. The number of amides is 1. The van der Waals surface area contributed by atoms with Crippen LogP contribution in [0.4, 0.5) is 25.8 Å². The Morgan fingerprint density at radius 1 is 0.931 bits per heavy atom. The van der Waals surface area contributed by atoms with Crippen LogP contribution < -0.4 is 5.32 Å². The van der Waals surface area contributed by atoms with Crippen molar-refractivity contribution in [2.24, 2.45) is 10.2 Å². The molecule has 0 aliphatic heterocycles. The van der Waals surface area contributed by atoms with Gasteiger partial charge in [-0.25, -0.2) is 13.8 Å². The molecule has 8 heteroatoms. The van der Waals surface area contributed by atoms with Crippen LogP contribution in [0.15, 0.2) is 83.0 Å². The molecule has 144 valence electrons. The molecule has 0 saturated carbocycles. The summed E-state index contributed by atoms with van der Waals surface area (Å²) in [6.07, 6.45) is -2.70. The molecular weight excluding hydrogens is 376 g/mol. The maximum atomic E-state index is 12.7. The maximum absolute atomic E-state index is 12.7. The number of rotatable bonds is 5. The standard InChI is InChI=1S/C21H15F2N5O/c22-19(23)20-25-17-11-6-13(12-18(17)26-20)21(29)24-14-7-9-16(10-8-14)28-27-15-4-2-1-3-5-15/h1-12,19H,(H,24,29)(H,25,26). The second-order valence-electron chi connectivity index (χ2n) is 6.19. The van der Waals surface area contributed by atoms with Gasteiger partial charge in [-0.05, 0) is 54.6 Å². The molecule has 0 saturated heterocycles. The van der Waals surface area contributed by atoms with Crippen LogP contribution in [-0.2, 0) is 0 Å². The fourth-order valence-electron chi connectivity index (χ4n) is 2.70. The molecule has 4 rings (SSSR count). The molecule has 0 aliphatic carbocycles. The lowest BCUT2D eigenvalue weighted by Gasteiger charge is -2.05. The SMILES string of the molecule is O=C(Nc1ccc(N=Nc2ccccc2)cc1)c1ccc2nc(C(F)F)[nH]c2c1. The van der Waals surface area contributed by atoms with Crippen LogP contribution in [-0.4, -0.2) is 15.9 Å². The molecule has 1 heterocycles. The van der Waals surface area contributed by atoms with Crippen LogP contribution in [0.25, 0.3) is 11.0 Å². The highest BCUT2D eigenvalue weighted by molar-refractivity contribution is 6.06. The van der Waals surface area contributed by atoms with Crippen molar-refractivity contribution in [3.63, 3.8) is 0 Å². The highest BCUT2D eigenvalue weighted by Crippen LogP contribution is 2.22. The number of carbonyl (C=O) groups excluding carboxylic acids is 1. The number of H-pyrrole nitrogens is 1. The quantitative estimate of drug-likeness (QED) is 0.399. The lowest BCUT2D eigenvalue weighted by molar-refractivity contribution is 0.102. The van der Waals surface area contributed by atoms with E-state index in [1.54, 1.807) is 24.3 Å². The number of imidazole rings is 1. The Morgan fingerprint density at radius 3 is 2.31 bits per heavy atom. The van der Waals surface area contributed by atoms with Crippen LogP contribution in [0.5, 0.6) is 0 Å². The Balaban J connectivity index is 1.45. The molecule has 0 unspecified atom stereocenters. The van der Waals surface area contributed by atoms with E-state index in [9.17, 15) is 13.6 Å². The van der Waals surface area contributed by atoms with E-state index < -0.39 is 12.2 Å². The minimum absolute atomic E-state index is 0.329. The van der Waals surface area contributed by atoms with Crippen molar-refractivity contribution in [1.82, 2.24) is 9.97 Å². The van der Waals surface area contributed by atoms with Gasteiger partial charge in [-0.2, -0.15) is 10.2 Å². The number of halogens is 2. The summed E-state index contributed by atoms with van der Waals surface area (Å²) < 4.78 is 25.5. The van der Waals surface area contributed by atoms with Crippen molar-refractivity contribution in [2.75, 3.05) is 5.32 Å². The number of azo groups is 1. The number of fused-ring (bicyclic) bond motifs is 1. The first-order chi connectivity index (χ1) is 14.1. The summed E-state index contributed by atoms with van der Waals surface area (Å²) in [6, 6.07) is 20.8. The predicted octanol–water partition coefficient (Wildman–Crippen LogP) is 6.17. The van der Waals surface area contributed by atoms with Gasteiger partial charge in [-0.3, -0.25) is 4.79 Å². The second-order valence-corrected chi connectivity index (χ2v) is 6.19. The molecule has 3 aromatic carbocycles. The average molecular weight is 391 g/mol. The van der Waals surface area contributed by atoms with E-state index in [1.165, 1.54) is 18.2 Å². The largest absolute Gasteiger partial charge is 0.337 e. The molecule has 6 nitrogen and oxygen atoms in total. The van der Waals surface area contributed by atoms with Gasteiger partial charge in [0.05, 0.1) is 22.4 Å². The molecule has 1 amide bonds. The minimum atomic E-state index is -2.70. The van der Waals surface area contributed by atoms with Gasteiger partial charge in [-0.15, -0.1) is 0 Å². The second kappa shape index (κ2) is 7.97. The molecule has 29 heavy (non-hydrogen) atoms. The molecule has 0 spiro atoms. The number of aromatic nitrogens is 2. The third-order valence-corrected chi connectivity index (χ3v) is 4.13. The van der Waals surface area contributed by atoms with E-state index >= 15 is 0 Å². The third kappa shape index (κ3) is 4.32. The first-order valence-corrected chi connectivity index (χ1v) is 8.74. The van der Waals surface area contributed by atoms with Crippen LogP contribution >= 0.6 is 0 Å². The Bertz CT molecular complexity index is 1170. The van der Waals surface area contributed by atoms with Crippen LogP contribution in [0.1, 0.15) is 22.6 Å². The fourth-order valence-corrected chi connectivity index (χ4v) is 2.70. The molecular formula is C21H15F2N5O. The molecule has 1 aromatic heterocycles. The van der Waals surface area contributed by atoms with Gasteiger partial charge in [0.1, 0.15) is 0 Å². The number of nitrogens with zero attached hydrogens (tertiary/aromatic N) is 3. The molecule has 0 aliphatic rings. The average Bonchev–Trinajstić information content (AvgIpc) is 3.18. The summed E-state index contributed by atoms with van der Waals surface area (Å²) in [5.41, 5.74) is 3.05. The van der Waals surface area contributed by atoms with Crippen molar-refractivity contribution in [1.29, 1.82) is 0 Å². The number of carbonyl (C=O) groups is 1. The van der Waals surface area contributed by atoms with Gasteiger partial charge in [0, 0.05) is 11.3 Å². The summed E-state index contributed by atoms with van der Waals surface area (Å²) in [5, 5.41) is 11.0. The highest BCUT2D eigenvalue weighted by Gasteiger charge is 2.14. The Labute approximate surface area is 164 Å². The number of nitrogens with one attached hydrogen (secondary N) is 2. The van der Waals surface area contributed by atoms with Gasteiger partial charge in [-0.1, -0.05) is 18.2 Å². The van der Waals surface area contributed by atoms with E-state index in [2.05, 4.69) is 25.5 Å². The van der Waals surface area contributed by atoms with Gasteiger partial charge in [0.15, 0.2) is 5.82 Å². The predicted molar refractivity (Wildman–Crippen MR) is 106 cm³/mol. The first kappa shape index (κ1) is 18.4. The van der Waals surface area contributed by atoms with E-state index in [-0.39, 0.29) is 5.91 Å². The first-order valence-electron chi connectivity index (χ1n) is 8.74. The van der Waals surface area contributed by atoms with Crippen molar-refractivity contribution in [3.05, 3.63) is 84.2 Å². The zero-order valence-corrected chi connectivity index (χ0v) is 15.0. The smallest absolute Gasteiger partial charge is 0.295 e. The fraction of sp³-hybridized carbons (Fsp3) is 0.0476. The van der Waals surface area contributed by atoms with E-state index in [0.29, 0.717) is 28.0 Å². The van der Waals surface area contributed by atoms with Gasteiger partial charge in [0.2, 0.25) is 0 Å². The topological polar surface area (TPSA) is 82.5 Å². The van der Waals surface area contributed by atoms with Crippen LogP contribution in [0, 0.1) is 0 Å². The van der Waals surface area contributed by atoms with Crippen LogP contribution in [0.2, 0.25) is 0 Å². The zero-order chi connectivity index (χ0) is 20.2. The Hall–Kier alpha value is -3.94. The summed E-state index contributed by atoms with van der Waals surface area (Å²) in [4.78, 5) is 18.8. The number of anilines is 1. The van der Waals surface area contributed by atoms with Crippen molar-refractivity contribution in [3.8, 4) is 0 Å². The molecule has 2 N–H and O–H groups in total. The van der Waals surface area contributed by atoms with Crippen molar-refractivity contribution >= 4 is 34.0 Å². The normalized spacial score (nSPS) is 11.4. The highest BCUT2D eigenvalue weighted by atomic mass is 19.3. The minimum Gasteiger partial charge on any atom is -0.337 e. The van der Waals surface area contributed by atoms with Gasteiger partial charge < -0.3 is 10.3 Å². The van der Waals surface area contributed by atoms with Gasteiger partial charge in [0.25, 0.3) is 12.3 Å². The van der Waals surface area contributed by atoms with Crippen molar-refractivity contribution in [2.45, 2.75) is 6.43 Å². The van der Waals surface area contributed by atoms with Crippen molar-refractivity contribution < 1.29 is 13.6 Å². The lowest BCUT2D eigenvalue weighted by atomic mass is 10.2. The summed E-state index contributed by atoms with van der Waals surface area (Å²) >= 11 is 0. The molecule has 4 aromatic rings. The summed E-state index contributed by atoms with van der Waals surface area (Å²) in [6.45, 7) is 0. The monoisotopic (exact) mass is 391 g/mol. The third-order valence-electron chi connectivity index (χ3n) is 4.13. The number of benzene rings is 3. The van der Waals surface area contributed by atoms with E-state index in [4.69, 9.17) is 0 Å². The Kier molecular flexibility index (Phi) is 5.07. The molecule has 0 radical (unpaired) electrons.